The van der Waals surface area contributed by atoms with Gasteiger partial charge in [-0.25, -0.2) is 10.2 Å². The first-order valence-corrected chi connectivity index (χ1v) is 7.11. The molecule has 2 aromatic rings. The molecule has 1 aromatic carbocycles. The molecule has 0 saturated carbocycles. The molecule has 0 atom stereocenters. The van der Waals surface area contributed by atoms with E-state index in [9.17, 15) is 9.70 Å². The van der Waals surface area contributed by atoms with Crippen LogP contribution >= 0.6 is 0 Å². The fourth-order valence-electron chi connectivity index (χ4n) is 2.19. The summed E-state index contributed by atoms with van der Waals surface area (Å²) in [5.74, 6) is 0. The van der Waals surface area contributed by atoms with Crippen molar-refractivity contribution in [1.29, 1.82) is 0 Å². The van der Waals surface area contributed by atoms with Crippen molar-refractivity contribution in [3.05, 3.63) is 40.9 Å². The highest BCUT2D eigenvalue weighted by Crippen LogP contribution is 2.17. The molecule has 0 radical (unpaired) electrons. The molecular weight excluding hydrogens is 302 g/mol. The summed E-state index contributed by atoms with van der Waals surface area (Å²) >= 11 is 0. The minimum atomic E-state index is -0.337. The Morgan fingerprint density at radius 2 is 2.04 bits per heavy atom. The first-order chi connectivity index (χ1) is 11.3. The van der Waals surface area contributed by atoms with E-state index in [1.54, 1.807) is 4.90 Å². The number of benzene rings is 1. The third-order valence-corrected chi connectivity index (χ3v) is 3.39. The summed E-state index contributed by atoms with van der Waals surface area (Å²) < 4.78 is 10.2. The molecule has 3 rings (SSSR count). The summed E-state index contributed by atoms with van der Waals surface area (Å²) in [6, 6.07) is 8.86. The SMILES string of the molecule is O=C(N/N=C/c1c(-c2ccccc2)[nH]o[n+]1=O)N1CCOCC1. The lowest BCUT2D eigenvalue weighted by Crippen LogP contribution is -2.44. The number of aromatic nitrogens is 2. The Labute approximate surface area is 131 Å². The molecule has 0 bridgehead atoms. The van der Waals surface area contributed by atoms with Crippen LogP contribution in [0.3, 0.4) is 0 Å². The summed E-state index contributed by atoms with van der Waals surface area (Å²) in [5, 5.41) is 6.36. The molecule has 1 aliphatic rings. The number of ether oxygens (including phenoxy) is 1. The predicted octanol–water partition coefficient (Wildman–Crippen LogP) is 0.565. The number of hydrogen-bond donors (Lipinski definition) is 2. The second-order valence-corrected chi connectivity index (χ2v) is 4.85. The number of morpholine rings is 1. The second kappa shape index (κ2) is 6.88. The van der Waals surface area contributed by atoms with Gasteiger partial charge in [-0.2, -0.15) is 5.10 Å². The third-order valence-electron chi connectivity index (χ3n) is 3.39. The van der Waals surface area contributed by atoms with Gasteiger partial charge < -0.3 is 9.64 Å². The number of nitrogens with one attached hydrogen (secondary N) is 2. The molecule has 2 N–H and O–H groups in total. The Bertz CT molecular complexity index is 746. The van der Waals surface area contributed by atoms with Gasteiger partial charge in [0.1, 0.15) is 6.21 Å². The topological polar surface area (TPSA) is 106 Å². The van der Waals surface area contributed by atoms with Crippen LogP contribution in [0, 0.1) is 4.91 Å². The average molecular weight is 318 g/mol. The molecule has 0 unspecified atom stereocenters. The summed E-state index contributed by atoms with van der Waals surface area (Å²) in [7, 11) is 0. The van der Waals surface area contributed by atoms with E-state index in [2.05, 4.69) is 15.7 Å². The van der Waals surface area contributed by atoms with Crippen molar-refractivity contribution in [1.82, 2.24) is 15.5 Å². The number of hydrogen-bond acceptors (Lipinski definition) is 5. The Morgan fingerprint density at radius 3 is 2.78 bits per heavy atom. The van der Waals surface area contributed by atoms with Crippen molar-refractivity contribution >= 4 is 12.2 Å². The van der Waals surface area contributed by atoms with Crippen LogP contribution in [0.15, 0.2) is 40.1 Å². The maximum Gasteiger partial charge on any atom is 0.337 e. The van der Waals surface area contributed by atoms with Crippen molar-refractivity contribution in [2.45, 2.75) is 0 Å². The van der Waals surface area contributed by atoms with E-state index in [0.717, 1.165) is 5.56 Å². The number of H-pyrrole nitrogens is 1. The van der Waals surface area contributed by atoms with Crippen LogP contribution in [0.4, 0.5) is 4.79 Å². The van der Waals surface area contributed by atoms with E-state index in [4.69, 9.17) is 9.37 Å². The zero-order valence-corrected chi connectivity index (χ0v) is 12.3. The number of carbonyl (C=O) groups excluding carboxylic acids is 1. The van der Waals surface area contributed by atoms with E-state index >= 15 is 0 Å². The number of urea groups is 1. The number of hydrazone groups is 1. The standard InChI is InChI=1S/C14H15N5O4/c20-14(18-6-8-22-9-7-18)16-15-10-12-13(17-23-19(12)21)11-4-2-1-3-5-11/h1-5,10H,6-9H2,(H-,15,16,17,20,21)/p+1. The Morgan fingerprint density at radius 1 is 1.30 bits per heavy atom. The first-order valence-electron chi connectivity index (χ1n) is 7.11. The Kier molecular flexibility index (Phi) is 4.48. The molecule has 1 saturated heterocycles. The van der Waals surface area contributed by atoms with Crippen molar-refractivity contribution in [2.75, 3.05) is 26.3 Å². The van der Waals surface area contributed by atoms with E-state index in [-0.39, 0.29) is 11.7 Å². The van der Waals surface area contributed by atoms with Gasteiger partial charge in [-0.05, 0) is 4.91 Å². The summed E-state index contributed by atoms with van der Waals surface area (Å²) in [4.78, 5) is 25.2. The molecule has 2 heterocycles. The van der Waals surface area contributed by atoms with Crippen molar-refractivity contribution in [2.24, 2.45) is 5.10 Å². The van der Waals surface area contributed by atoms with Crippen LogP contribution in [0.5, 0.6) is 0 Å². The fraction of sp³-hybridized carbons (Fsp3) is 0.286. The largest absolute Gasteiger partial charge is 0.378 e. The fourth-order valence-corrected chi connectivity index (χ4v) is 2.19. The highest BCUT2D eigenvalue weighted by molar-refractivity contribution is 5.85. The normalized spacial score (nSPS) is 15.0. The van der Waals surface area contributed by atoms with Gasteiger partial charge in [0.15, 0.2) is 4.60 Å². The molecule has 0 aliphatic carbocycles. The van der Waals surface area contributed by atoms with Gasteiger partial charge in [0.2, 0.25) is 5.69 Å². The highest BCUT2D eigenvalue weighted by atomic mass is 16.7. The summed E-state index contributed by atoms with van der Waals surface area (Å²) in [6.45, 7) is 2.04. The molecule has 1 aromatic heterocycles. The molecule has 9 nitrogen and oxygen atoms in total. The second-order valence-electron chi connectivity index (χ2n) is 4.85. The van der Waals surface area contributed by atoms with E-state index < -0.39 is 0 Å². The lowest BCUT2D eigenvalue weighted by atomic mass is 10.1. The van der Waals surface area contributed by atoms with E-state index in [1.165, 1.54) is 6.21 Å². The molecule has 0 spiro atoms. The summed E-state index contributed by atoms with van der Waals surface area (Å²) in [5.41, 5.74) is 3.80. The van der Waals surface area contributed by atoms with Crippen molar-refractivity contribution in [3.8, 4) is 11.3 Å². The van der Waals surface area contributed by atoms with Crippen molar-refractivity contribution < 1.29 is 18.8 Å². The van der Waals surface area contributed by atoms with Crippen LogP contribution in [0.2, 0.25) is 0 Å². The van der Waals surface area contributed by atoms with Gasteiger partial charge >= 0.3 is 6.03 Å². The van der Waals surface area contributed by atoms with Crippen LogP contribution in [0.25, 0.3) is 11.3 Å². The Hall–Kier alpha value is -2.94. The monoisotopic (exact) mass is 318 g/mol. The molecule has 9 heteroatoms. The number of nitrogens with zero attached hydrogens (tertiary/aromatic N) is 3. The van der Waals surface area contributed by atoms with Gasteiger partial charge in [0.25, 0.3) is 5.69 Å². The van der Waals surface area contributed by atoms with Crippen molar-refractivity contribution in [3.63, 3.8) is 0 Å². The van der Waals surface area contributed by atoms with Crippen LogP contribution in [-0.2, 0) is 4.74 Å². The minimum Gasteiger partial charge on any atom is -0.378 e. The molecular formula is C14H16N5O4+. The molecule has 1 fully saturated rings. The average Bonchev–Trinajstić information content (AvgIpc) is 2.97. The van der Waals surface area contributed by atoms with Crippen LogP contribution < -0.4 is 10.0 Å². The van der Waals surface area contributed by atoms with Crippen LogP contribution in [-0.4, -0.2) is 48.6 Å². The zero-order chi connectivity index (χ0) is 16.1. The maximum atomic E-state index is 11.9. The first kappa shape index (κ1) is 15.0. The maximum absolute atomic E-state index is 11.9. The number of carbonyl (C=O) groups is 1. The predicted molar refractivity (Wildman–Crippen MR) is 80.4 cm³/mol. The smallest absolute Gasteiger partial charge is 0.337 e. The number of rotatable bonds is 3. The molecule has 120 valence electrons. The Balaban J connectivity index is 1.71. The third kappa shape index (κ3) is 3.46. The number of aromatic amines is 1. The van der Waals surface area contributed by atoms with E-state index in [0.29, 0.717) is 36.6 Å². The number of amides is 2. The van der Waals surface area contributed by atoms with Gasteiger partial charge in [-0.1, -0.05) is 40.1 Å². The van der Waals surface area contributed by atoms with Gasteiger partial charge in [0.05, 0.1) is 13.2 Å². The molecule has 1 aliphatic heterocycles. The van der Waals surface area contributed by atoms with Gasteiger partial charge in [0, 0.05) is 18.7 Å². The summed E-state index contributed by atoms with van der Waals surface area (Å²) in [6.07, 6.45) is 1.24. The van der Waals surface area contributed by atoms with Crippen LogP contribution in [0.1, 0.15) is 5.69 Å². The molecule has 23 heavy (non-hydrogen) atoms. The van der Waals surface area contributed by atoms with E-state index in [1.807, 2.05) is 30.3 Å². The lowest BCUT2D eigenvalue weighted by Gasteiger charge is -2.25. The van der Waals surface area contributed by atoms with Gasteiger partial charge in [-0.15, -0.1) is 0 Å². The highest BCUT2D eigenvalue weighted by Gasteiger charge is 2.20. The zero-order valence-electron chi connectivity index (χ0n) is 12.3. The minimum absolute atomic E-state index is 0.165. The quantitative estimate of drug-likeness (QED) is 0.637. The molecule has 2 amide bonds. The van der Waals surface area contributed by atoms with Gasteiger partial charge in [-0.3, -0.25) is 0 Å². The lowest BCUT2D eigenvalue weighted by molar-refractivity contribution is -0.713.